The van der Waals surface area contributed by atoms with Gasteiger partial charge in [-0.3, -0.25) is 0 Å². The van der Waals surface area contributed by atoms with Crippen LogP contribution in [0.15, 0.2) is 24.3 Å². The van der Waals surface area contributed by atoms with Crippen LogP contribution in [-0.2, 0) is 16.6 Å². The molecular formula is C14H20O. The van der Waals surface area contributed by atoms with Crippen LogP contribution >= 0.6 is 0 Å². The highest BCUT2D eigenvalue weighted by Gasteiger charge is 2.41. The van der Waals surface area contributed by atoms with Gasteiger partial charge in [-0.25, -0.2) is 0 Å². The third-order valence-corrected chi connectivity index (χ3v) is 2.98. The first-order valence-corrected chi connectivity index (χ1v) is 5.87. The Balaban J connectivity index is 0.000000531. The van der Waals surface area contributed by atoms with Gasteiger partial charge in [-0.1, -0.05) is 51.5 Å². The maximum Gasteiger partial charge on any atom is 0.130 e. The van der Waals surface area contributed by atoms with Gasteiger partial charge in [-0.05, 0) is 24.0 Å². The molecule has 1 aromatic rings. The van der Waals surface area contributed by atoms with Crippen molar-refractivity contribution in [2.24, 2.45) is 0 Å². The predicted octanol–water partition coefficient (Wildman–Crippen LogP) is 3.51. The zero-order valence-electron chi connectivity index (χ0n) is 9.92. The van der Waals surface area contributed by atoms with Gasteiger partial charge in [0.15, 0.2) is 0 Å². The van der Waals surface area contributed by atoms with Gasteiger partial charge in [0.1, 0.15) is 6.29 Å². The summed E-state index contributed by atoms with van der Waals surface area (Å²) >= 11 is 0. The first-order chi connectivity index (χ1) is 7.32. The number of rotatable bonds is 3. The van der Waals surface area contributed by atoms with Crippen LogP contribution in [0.1, 0.15) is 44.7 Å². The molecule has 0 saturated carbocycles. The molecule has 0 aromatic heterocycles. The summed E-state index contributed by atoms with van der Waals surface area (Å²) in [4.78, 5) is 11.1. The Morgan fingerprint density at radius 2 is 2.00 bits per heavy atom. The molecule has 2 rings (SSSR count). The van der Waals surface area contributed by atoms with E-state index in [1.165, 1.54) is 11.1 Å². The van der Waals surface area contributed by atoms with E-state index in [9.17, 15) is 4.79 Å². The molecule has 0 saturated heterocycles. The van der Waals surface area contributed by atoms with Crippen LogP contribution in [0.2, 0.25) is 0 Å². The minimum Gasteiger partial charge on any atom is -0.302 e. The van der Waals surface area contributed by atoms with Crippen LogP contribution in [0.5, 0.6) is 0 Å². The van der Waals surface area contributed by atoms with Gasteiger partial charge in [-0.2, -0.15) is 0 Å². The van der Waals surface area contributed by atoms with E-state index in [0.717, 1.165) is 25.5 Å². The van der Waals surface area contributed by atoms with Gasteiger partial charge in [0.25, 0.3) is 0 Å². The van der Waals surface area contributed by atoms with Crippen LogP contribution in [0.25, 0.3) is 0 Å². The van der Waals surface area contributed by atoms with Crippen LogP contribution in [0.4, 0.5) is 0 Å². The fourth-order valence-corrected chi connectivity index (χ4v) is 2.32. The van der Waals surface area contributed by atoms with Gasteiger partial charge in [0.2, 0.25) is 0 Å². The van der Waals surface area contributed by atoms with Crippen molar-refractivity contribution in [2.45, 2.75) is 45.4 Å². The van der Waals surface area contributed by atoms with E-state index in [-0.39, 0.29) is 5.41 Å². The fourth-order valence-electron chi connectivity index (χ4n) is 2.32. The molecule has 0 radical (unpaired) electrons. The Bertz CT molecular complexity index is 330. The summed E-state index contributed by atoms with van der Waals surface area (Å²) in [6, 6.07) is 8.26. The molecular weight excluding hydrogens is 184 g/mol. The van der Waals surface area contributed by atoms with Crippen LogP contribution < -0.4 is 0 Å². The van der Waals surface area contributed by atoms with Crippen LogP contribution in [-0.4, -0.2) is 6.29 Å². The van der Waals surface area contributed by atoms with Crippen LogP contribution in [0.3, 0.4) is 0 Å². The molecule has 0 aliphatic heterocycles. The minimum atomic E-state index is -0.134. The van der Waals surface area contributed by atoms with Crippen LogP contribution in [0, 0.1) is 0 Å². The number of benzene rings is 1. The normalized spacial score (nSPS) is 21.8. The number of fused-ring (bicyclic) bond motifs is 1. The van der Waals surface area contributed by atoms with Crippen molar-refractivity contribution in [3.63, 3.8) is 0 Å². The van der Waals surface area contributed by atoms with Crippen molar-refractivity contribution in [3.05, 3.63) is 35.4 Å². The molecule has 0 heterocycles. The Labute approximate surface area is 92.5 Å². The molecule has 1 atom stereocenters. The molecule has 0 bridgehead atoms. The predicted molar refractivity (Wildman–Crippen MR) is 64.1 cm³/mol. The van der Waals surface area contributed by atoms with Crippen molar-refractivity contribution < 1.29 is 4.79 Å². The Hall–Kier alpha value is -1.11. The summed E-state index contributed by atoms with van der Waals surface area (Å²) < 4.78 is 0. The summed E-state index contributed by atoms with van der Waals surface area (Å²) in [6.07, 6.45) is 4.15. The zero-order chi connectivity index (χ0) is 11.3. The topological polar surface area (TPSA) is 17.1 Å². The Morgan fingerprint density at radius 3 is 2.53 bits per heavy atom. The van der Waals surface area contributed by atoms with Gasteiger partial charge in [0.05, 0.1) is 5.41 Å². The lowest BCUT2D eigenvalue weighted by Gasteiger charge is -2.39. The fraction of sp³-hybridized carbons (Fsp3) is 0.500. The lowest BCUT2D eigenvalue weighted by molar-refractivity contribution is -0.113. The molecule has 0 N–H and O–H groups in total. The van der Waals surface area contributed by atoms with Gasteiger partial charge in [-0.15, -0.1) is 0 Å². The summed E-state index contributed by atoms with van der Waals surface area (Å²) in [5, 5.41) is 0. The van der Waals surface area contributed by atoms with E-state index in [1.807, 2.05) is 26.0 Å². The number of hydrogen-bond donors (Lipinski definition) is 0. The first kappa shape index (κ1) is 12.0. The molecule has 1 heteroatoms. The minimum absolute atomic E-state index is 0.134. The van der Waals surface area contributed by atoms with Crippen molar-refractivity contribution in [1.82, 2.24) is 0 Å². The van der Waals surface area contributed by atoms with E-state index < -0.39 is 0 Å². The molecule has 0 amide bonds. The van der Waals surface area contributed by atoms with Crippen molar-refractivity contribution >= 4 is 6.29 Å². The van der Waals surface area contributed by atoms with E-state index in [4.69, 9.17) is 0 Å². The Kier molecular flexibility index (Phi) is 4.07. The third kappa shape index (κ3) is 1.97. The van der Waals surface area contributed by atoms with Crippen molar-refractivity contribution in [3.8, 4) is 0 Å². The summed E-state index contributed by atoms with van der Waals surface area (Å²) in [5.41, 5.74) is 2.47. The van der Waals surface area contributed by atoms with E-state index in [2.05, 4.69) is 19.1 Å². The number of carbonyl (C=O) groups is 1. The SMILES string of the molecule is CC.CCCC1(C=O)Cc2ccccc21. The highest BCUT2D eigenvalue weighted by molar-refractivity contribution is 5.75. The molecule has 1 aliphatic rings. The monoisotopic (exact) mass is 204 g/mol. The highest BCUT2D eigenvalue weighted by atomic mass is 16.1. The van der Waals surface area contributed by atoms with Crippen molar-refractivity contribution in [1.29, 1.82) is 0 Å². The highest BCUT2D eigenvalue weighted by Crippen LogP contribution is 2.42. The molecule has 82 valence electrons. The van der Waals surface area contributed by atoms with Gasteiger partial charge in [0, 0.05) is 0 Å². The molecule has 15 heavy (non-hydrogen) atoms. The molecule has 0 fully saturated rings. The lowest BCUT2D eigenvalue weighted by Crippen LogP contribution is -2.40. The van der Waals surface area contributed by atoms with E-state index >= 15 is 0 Å². The number of carbonyl (C=O) groups excluding carboxylic acids is 1. The lowest BCUT2D eigenvalue weighted by atomic mass is 9.63. The van der Waals surface area contributed by atoms with E-state index in [0.29, 0.717) is 0 Å². The summed E-state index contributed by atoms with van der Waals surface area (Å²) in [6.45, 7) is 6.13. The second-order valence-corrected chi connectivity index (χ2v) is 3.86. The molecule has 0 spiro atoms. The summed E-state index contributed by atoms with van der Waals surface area (Å²) in [7, 11) is 0. The molecule has 1 aromatic carbocycles. The summed E-state index contributed by atoms with van der Waals surface area (Å²) in [5.74, 6) is 0. The largest absolute Gasteiger partial charge is 0.302 e. The smallest absolute Gasteiger partial charge is 0.130 e. The standard InChI is InChI=1S/C12H14O.C2H6/c1-2-7-12(9-13)8-10-5-3-4-6-11(10)12;1-2/h3-6,9H,2,7-8H2,1H3;1-2H3. The number of hydrogen-bond acceptors (Lipinski definition) is 1. The quantitative estimate of drug-likeness (QED) is 0.689. The van der Waals surface area contributed by atoms with Gasteiger partial charge >= 0.3 is 0 Å². The second-order valence-electron chi connectivity index (χ2n) is 3.86. The number of aldehydes is 1. The first-order valence-electron chi connectivity index (χ1n) is 5.87. The zero-order valence-corrected chi connectivity index (χ0v) is 9.92. The average molecular weight is 204 g/mol. The Morgan fingerprint density at radius 1 is 1.33 bits per heavy atom. The van der Waals surface area contributed by atoms with Crippen molar-refractivity contribution in [2.75, 3.05) is 0 Å². The van der Waals surface area contributed by atoms with E-state index in [1.54, 1.807) is 0 Å². The average Bonchev–Trinajstić information content (AvgIpc) is 2.28. The molecule has 1 aliphatic carbocycles. The third-order valence-electron chi connectivity index (χ3n) is 2.98. The molecule has 1 unspecified atom stereocenters. The molecule has 1 nitrogen and oxygen atoms in total. The second kappa shape index (κ2) is 5.11. The van der Waals surface area contributed by atoms with Gasteiger partial charge < -0.3 is 4.79 Å². The maximum absolute atomic E-state index is 11.1. The maximum atomic E-state index is 11.1.